The van der Waals surface area contributed by atoms with Gasteiger partial charge >= 0.3 is 11.9 Å². The van der Waals surface area contributed by atoms with Crippen molar-refractivity contribution in [3.63, 3.8) is 0 Å². The minimum atomic E-state index is -0.645. The van der Waals surface area contributed by atoms with Crippen molar-refractivity contribution in [2.24, 2.45) is 5.92 Å². The molecular weight excluding hydrogens is 358 g/mol. The molecule has 2 rings (SSSR count). The molecule has 2 aromatic rings. The third-order valence-corrected chi connectivity index (χ3v) is 4.29. The number of carbonyl (C=O) groups is 3. The van der Waals surface area contributed by atoms with Crippen LogP contribution in [0.15, 0.2) is 54.6 Å². The van der Waals surface area contributed by atoms with E-state index >= 15 is 0 Å². The molecule has 2 aromatic carbocycles. The third-order valence-electron chi connectivity index (χ3n) is 4.29. The number of ether oxygens (including phenoxy) is 2. The van der Waals surface area contributed by atoms with Gasteiger partial charge in [-0.25, -0.2) is 4.79 Å². The standard InChI is InChI=1S/C22H25NO5/c1-15(13-20(24)27-3)21(25)18-11-7-8-12-19(18)23-16(2)22(26)28-14-17-9-5-4-6-10-17/h4-12,15-16,23H,13-14H2,1-3H3. The molecule has 0 aromatic heterocycles. The molecule has 0 spiro atoms. The van der Waals surface area contributed by atoms with E-state index in [0.29, 0.717) is 11.3 Å². The molecule has 6 nitrogen and oxygen atoms in total. The number of Topliss-reactive ketones (excluding diaryl/α,β-unsaturated/α-hetero) is 1. The number of hydrogen-bond acceptors (Lipinski definition) is 6. The molecule has 0 aliphatic rings. The van der Waals surface area contributed by atoms with E-state index in [0.717, 1.165) is 5.56 Å². The summed E-state index contributed by atoms with van der Waals surface area (Å²) in [5.41, 5.74) is 1.84. The van der Waals surface area contributed by atoms with Crippen molar-refractivity contribution in [2.45, 2.75) is 32.9 Å². The molecule has 6 heteroatoms. The van der Waals surface area contributed by atoms with Crippen molar-refractivity contribution in [1.82, 2.24) is 0 Å². The Labute approximate surface area is 164 Å². The van der Waals surface area contributed by atoms with Gasteiger partial charge in [-0.2, -0.15) is 0 Å². The minimum absolute atomic E-state index is 0.00165. The van der Waals surface area contributed by atoms with E-state index in [9.17, 15) is 14.4 Å². The summed E-state index contributed by atoms with van der Waals surface area (Å²) in [6.45, 7) is 3.53. The van der Waals surface area contributed by atoms with Crippen molar-refractivity contribution >= 4 is 23.4 Å². The van der Waals surface area contributed by atoms with Crippen molar-refractivity contribution < 1.29 is 23.9 Å². The first-order valence-corrected chi connectivity index (χ1v) is 9.09. The van der Waals surface area contributed by atoms with Gasteiger partial charge in [-0.1, -0.05) is 49.4 Å². The van der Waals surface area contributed by atoms with Gasteiger partial charge in [-0.05, 0) is 24.6 Å². The van der Waals surface area contributed by atoms with E-state index < -0.39 is 23.9 Å². The van der Waals surface area contributed by atoms with E-state index in [-0.39, 0.29) is 18.8 Å². The van der Waals surface area contributed by atoms with E-state index in [1.807, 2.05) is 30.3 Å². The lowest BCUT2D eigenvalue weighted by Gasteiger charge is -2.18. The summed E-state index contributed by atoms with van der Waals surface area (Å²) in [5, 5.41) is 3.04. The summed E-state index contributed by atoms with van der Waals surface area (Å²) in [5.74, 6) is -1.59. The summed E-state index contributed by atoms with van der Waals surface area (Å²) in [6, 6.07) is 15.7. The van der Waals surface area contributed by atoms with Gasteiger partial charge in [0.1, 0.15) is 12.6 Å². The number of carbonyl (C=O) groups excluding carboxylic acids is 3. The van der Waals surface area contributed by atoms with Crippen molar-refractivity contribution in [1.29, 1.82) is 0 Å². The molecule has 2 atom stereocenters. The Bertz CT molecular complexity index is 819. The molecule has 0 aliphatic carbocycles. The molecule has 0 saturated heterocycles. The molecule has 0 aliphatic heterocycles. The lowest BCUT2D eigenvalue weighted by Crippen LogP contribution is -2.29. The van der Waals surface area contributed by atoms with Gasteiger partial charge in [0.25, 0.3) is 0 Å². The van der Waals surface area contributed by atoms with Crippen LogP contribution < -0.4 is 5.32 Å². The second-order valence-corrected chi connectivity index (χ2v) is 6.55. The second kappa shape index (κ2) is 10.3. The highest BCUT2D eigenvalue weighted by Gasteiger charge is 2.23. The summed E-state index contributed by atoms with van der Waals surface area (Å²) in [6.07, 6.45) is -0.00165. The topological polar surface area (TPSA) is 81.7 Å². The number of esters is 2. The molecule has 0 saturated carbocycles. The van der Waals surface area contributed by atoms with Crippen LogP contribution in [0, 0.1) is 5.92 Å². The number of hydrogen-bond donors (Lipinski definition) is 1. The molecule has 0 fully saturated rings. The first-order chi connectivity index (χ1) is 13.4. The summed E-state index contributed by atoms with van der Waals surface area (Å²) < 4.78 is 9.96. The fourth-order valence-electron chi connectivity index (χ4n) is 2.66. The van der Waals surface area contributed by atoms with Crippen LogP contribution in [0.25, 0.3) is 0 Å². The van der Waals surface area contributed by atoms with E-state index in [1.54, 1.807) is 38.1 Å². The predicted octanol–water partition coefficient (Wildman–Crippen LogP) is 3.61. The van der Waals surface area contributed by atoms with Gasteiger partial charge < -0.3 is 14.8 Å². The highest BCUT2D eigenvalue weighted by atomic mass is 16.5. The van der Waals surface area contributed by atoms with Gasteiger partial charge in [0.05, 0.1) is 13.5 Å². The zero-order valence-corrected chi connectivity index (χ0v) is 16.3. The molecule has 1 N–H and O–H groups in total. The highest BCUT2D eigenvalue weighted by Crippen LogP contribution is 2.22. The molecule has 0 heterocycles. The maximum Gasteiger partial charge on any atom is 0.328 e. The fraction of sp³-hybridized carbons (Fsp3) is 0.318. The summed E-state index contributed by atoms with van der Waals surface area (Å²) in [7, 11) is 1.29. The van der Waals surface area contributed by atoms with E-state index in [1.165, 1.54) is 7.11 Å². The predicted molar refractivity (Wildman–Crippen MR) is 106 cm³/mol. The number of anilines is 1. The average Bonchev–Trinajstić information content (AvgIpc) is 2.72. The van der Waals surface area contributed by atoms with Crippen molar-refractivity contribution in [3.05, 3.63) is 65.7 Å². The molecular formula is C22H25NO5. The van der Waals surface area contributed by atoms with Crippen molar-refractivity contribution in [3.8, 4) is 0 Å². The monoisotopic (exact) mass is 383 g/mol. The number of ketones is 1. The molecule has 28 heavy (non-hydrogen) atoms. The van der Waals surface area contributed by atoms with Gasteiger partial charge in [0, 0.05) is 17.2 Å². The first kappa shape index (κ1) is 21.2. The second-order valence-electron chi connectivity index (χ2n) is 6.55. The van der Waals surface area contributed by atoms with Crippen LogP contribution in [-0.4, -0.2) is 30.9 Å². The smallest absolute Gasteiger partial charge is 0.328 e. The van der Waals surface area contributed by atoms with E-state index in [2.05, 4.69) is 10.1 Å². The van der Waals surface area contributed by atoms with Crippen LogP contribution in [0.2, 0.25) is 0 Å². The maximum atomic E-state index is 12.7. The number of para-hydroxylation sites is 1. The van der Waals surface area contributed by atoms with Gasteiger partial charge in [0.2, 0.25) is 0 Å². The highest BCUT2D eigenvalue weighted by molar-refractivity contribution is 6.04. The van der Waals surface area contributed by atoms with Crippen LogP contribution in [-0.2, 0) is 25.7 Å². The van der Waals surface area contributed by atoms with E-state index in [4.69, 9.17) is 4.74 Å². The van der Waals surface area contributed by atoms with Crippen LogP contribution in [0.1, 0.15) is 36.2 Å². The van der Waals surface area contributed by atoms with Crippen LogP contribution in [0.3, 0.4) is 0 Å². The van der Waals surface area contributed by atoms with Gasteiger partial charge in [0.15, 0.2) is 5.78 Å². The Morgan fingerprint density at radius 1 is 0.964 bits per heavy atom. The largest absolute Gasteiger partial charge is 0.469 e. The first-order valence-electron chi connectivity index (χ1n) is 9.09. The Kier molecular flexibility index (Phi) is 7.75. The molecule has 0 amide bonds. The number of nitrogens with one attached hydrogen (secondary N) is 1. The Balaban J connectivity index is 2.02. The van der Waals surface area contributed by atoms with Gasteiger partial charge in [-0.15, -0.1) is 0 Å². The average molecular weight is 383 g/mol. The SMILES string of the molecule is COC(=O)CC(C)C(=O)c1ccccc1NC(C)C(=O)OCc1ccccc1. The maximum absolute atomic E-state index is 12.7. The van der Waals surface area contributed by atoms with Crippen molar-refractivity contribution in [2.75, 3.05) is 12.4 Å². The minimum Gasteiger partial charge on any atom is -0.469 e. The molecule has 0 radical (unpaired) electrons. The number of rotatable bonds is 9. The summed E-state index contributed by atoms with van der Waals surface area (Å²) >= 11 is 0. The summed E-state index contributed by atoms with van der Waals surface area (Å²) in [4.78, 5) is 36.5. The Morgan fingerprint density at radius 3 is 2.29 bits per heavy atom. The normalized spacial score (nSPS) is 12.5. The number of methoxy groups -OCH3 is 1. The Hall–Kier alpha value is -3.15. The molecule has 148 valence electrons. The van der Waals surface area contributed by atoms with Crippen LogP contribution >= 0.6 is 0 Å². The molecule has 2 unspecified atom stereocenters. The lowest BCUT2D eigenvalue weighted by atomic mass is 9.95. The van der Waals surface area contributed by atoms with Crippen LogP contribution in [0.4, 0.5) is 5.69 Å². The zero-order valence-electron chi connectivity index (χ0n) is 16.3. The fourth-order valence-corrected chi connectivity index (χ4v) is 2.66. The quantitative estimate of drug-likeness (QED) is 0.526. The lowest BCUT2D eigenvalue weighted by molar-refractivity contribution is -0.145. The Morgan fingerprint density at radius 2 is 1.61 bits per heavy atom. The zero-order chi connectivity index (χ0) is 20.5. The van der Waals surface area contributed by atoms with Gasteiger partial charge in [-0.3, -0.25) is 9.59 Å². The molecule has 0 bridgehead atoms. The number of benzene rings is 2. The van der Waals surface area contributed by atoms with Crippen LogP contribution in [0.5, 0.6) is 0 Å². The third kappa shape index (κ3) is 5.94.